The van der Waals surface area contributed by atoms with E-state index in [2.05, 4.69) is 44.0 Å². The maximum Gasteiger partial charge on any atom is 0.251 e. The first-order valence-corrected chi connectivity index (χ1v) is 13.0. The minimum atomic E-state index is -0.230. The SMILES string of the molecule is O=C(C1CCCO1)N1CCC([C@H]2c3ncc(Br)cc3CCc3cc(Cl)cc(Br)c32)CC1. The second kappa shape index (κ2) is 9.12. The first-order chi connectivity index (χ1) is 15.0. The van der Waals surface area contributed by atoms with E-state index >= 15 is 0 Å². The fourth-order valence-corrected chi connectivity index (χ4v) is 6.96. The summed E-state index contributed by atoms with van der Waals surface area (Å²) < 4.78 is 7.72. The fraction of sp³-hybridized carbons (Fsp3) is 0.500. The maximum absolute atomic E-state index is 12.8. The normalized spacial score (nSPS) is 23.9. The highest BCUT2D eigenvalue weighted by atomic mass is 79.9. The fourth-order valence-electron chi connectivity index (χ4n) is 5.46. The van der Waals surface area contributed by atoms with Crippen LogP contribution in [-0.2, 0) is 22.4 Å². The number of piperidine rings is 1. The van der Waals surface area contributed by atoms with Crippen LogP contribution in [0.5, 0.6) is 0 Å². The minimum absolute atomic E-state index is 0.174. The number of aryl methyl sites for hydroxylation is 2. The van der Waals surface area contributed by atoms with Gasteiger partial charge in [0.2, 0.25) is 0 Å². The van der Waals surface area contributed by atoms with Crippen LogP contribution in [0.3, 0.4) is 0 Å². The van der Waals surface area contributed by atoms with E-state index in [4.69, 9.17) is 21.3 Å². The van der Waals surface area contributed by atoms with Gasteiger partial charge in [-0.1, -0.05) is 27.5 Å². The van der Waals surface area contributed by atoms with Gasteiger partial charge in [-0.15, -0.1) is 0 Å². The molecule has 2 aromatic rings. The van der Waals surface area contributed by atoms with E-state index in [9.17, 15) is 4.79 Å². The smallest absolute Gasteiger partial charge is 0.251 e. The van der Waals surface area contributed by atoms with Crippen LogP contribution in [0, 0.1) is 5.92 Å². The van der Waals surface area contributed by atoms with Crippen LogP contribution >= 0.6 is 43.5 Å². The van der Waals surface area contributed by atoms with Crippen molar-refractivity contribution >= 4 is 49.4 Å². The summed E-state index contributed by atoms with van der Waals surface area (Å²) in [5.74, 6) is 0.801. The van der Waals surface area contributed by atoms with Crippen LogP contribution in [0.15, 0.2) is 33.3 Å². The van der Waals surface area contributed by atoms with Crippen molar-refractivity contribution in [1.29, 1.82) is 0 Å². The summed E-state index contributed by atoms with van der Waals surface area (Å²) in [4.78, 5) is 19.7. The molecule has 0 saturated carbocycles. The summed E-state index contributed by atoms with van der Waals surface area (Å²) in [6.45, 7) is 2.28. The zero-order valence-corrected chi connectivity index (χ0v) is 21.2. The minimum Gasteiger partial charge on any atom is -0.368 e. The highest BCUT2D eigenvalue weighted by Crippen LogP contribution is 2.46. The molecule has 1 unspecified atom stereocenters. The molecule has 31 heavy (non-hydrogen) atoms. The Labute approximate surface area is 205 Å². The number of amides is 1. The Hall–Kier alpha value is -0.950. The van der Waals surface area contributed by atoms with Gasteiger partial charge in [0.1, 0.15) is 6.10 Å². The molecule has 1 aromatic heterocycles. The summed E-state index contributed by atoms with van der Waals surface area (Å²) in [6, 6.07) is 6.34. The van der Waals surface area contributed by atoms with Gasteiger partial charge in [-0.2, -0.15) is 0 Å². The number of carbonyl (C=O) groups excluding carboxylic acids is 1. The number of halogens is 3. The monoisotopic (exact) mass is 566 g/mol. The molecule has 1 aromatic carbocycles. The Bertz CT molecular complexity index is 1000. The Morgan fingerprint density at radius 1 is 1.10 bits per heavy atom. The molecular formula is C24H25Br2ClN2O2. The van der Waals surface area contributed by atoms with Crippen molar-refractivity contribution in [2.75, 3.05) is 19.7 Å². The van der Waals surface area contributed by atoms with Crippen molar-refractivity contribution in [1.82, 2.24) is 9.88 Å². The summed E-state index contributed by atoms with van der Waals surface area (Å²) in [5, 5.41) is 0.765. The molecule has 3 aliphatic rings. The number of ether oxygens (including phenoxy) is 1. The molecule has 4 nitrogen and oxygen atoms in total. The zero-order valence-electron chi connectivity index (χ0n) is 17.3. The number of nitrogens with zero attached hydrogens (tertiary/aromatic N) is 2. The highest BCUT2D eigenvalue weighted by Gasteiger charge is 2.37. The lowest BCUT2D eigenvalue weighted by molar-refractivity contribution is -0.142. The molecular weight excluding hydrogens is 544 g/mol. The molecule has 0 N–H and O–H groups in total. The van der Waals surface area contributed by atoms with Gasteiger partial charge in [0.05, 0.1) is 5.69 Å². The molecule has 5 rings (SSSR count). The van der Waals surface area contributed by atoms with Crippen LogP contribution in [0.25, 0.3) is 0 Å². The third-order valence-electron chi connectivity index (χ3n) is 6.95. The van der Waals surface area contributed by atoms with E-state index < -0.39 is 0 Å². The molecule has 2 saturated heterocycles. The third-order valence-corrected chi connectivity index (χ3v) is 8.25. The largest absolute Gasteiger partial charge is 0.368 e. The van der Waals surface area contributed by atoms with Gasteiger partial charge in [0.25, 0.3) is 5.91 Å². The molecule has 2 atom stereocenters. The average Bonchev–Trinajstić information content (AvgIpc) is 3.24. The molecule has 2 fully saturated rings. The van der Waals surface area contributed by atoms with Crippen LogP contribution < -0.4 is 0 Å². The van der Waals surface area contributed by atoms with E-state index in [0.29, 0.717) is 12.5 Å². The topological polar surface area (TPSA) is 42.4 Å². The average molecular weight is 569 g/mol. The number of rotatable bonds is 2. The number of hydrogen-bond acceptors (Lipinski definition) is 3. The molecule has 3 heterocycles. The number of likely N-dealkylation sites (tertiary alicyclic amines) is 1. The van der Waals surface area contributed by atoms with Crippen molar-refractivity contribution < 1.29 is 9.53 Å². The lowest BCUT2D eigenvalue weighted by Gasteiger charge is -2.37. The van der Waals surface area contributed by atoms with Gasteiger partial charge in [0.15, 0.2) is 0 Å². The van der Waals surface area contributed by atoms with Crippen LogP contribution in [-0.4, -0.2) is 41.6 Å². The summed E-state index contributed by atoms with van der Waals surface area (Å²) in [7, 11) is 0. The predicted molar refractivity (Wildman–Crippen MR) is 129 cm³/mol. The summed E-state index contributed by atoms with van der Waals surface area (Å²) in [5.41, 5.74) is 5.10. The Kier molecular flexibility index (Phi) is 6.44. The maximum atomic E-state index is 12.8. The van der Waals surface area contributed by atoms with Gasteiger partial charge in [0, 0.05) is 45.8 Å². The Balaban J connectivity index is 1.46. The summed E-state index contributed by atoms with van der Waals surface area (Å²) >= 11 is 13.8. The van der Waals surface area contributed by atoms with Gasteiger partial charge in [-0.05, 0) is 95.3 Å². The highest BCUT2D eigenvalue weighted by molar-refractivity contribution is 9.10. The zero-order chi connectivity index (χ0) is 21.5. The van der Waals surface area contributed by atoms with Gasteiger partial charge >= 0.3 is 0 Å². The lowest BCUT2D eigenvalue weighted by Crippen LogP contribution is -2.44. The summed E-state index contributed by atoms with van der Waals surface area (Å²) in [6.07, 6.45) is 7.36. The lowest BCUT2D eigenvalue weighted by atomic mass is 9.76. The van der Waals surface area contributed by atoms with Crippen molar-refractivity contribution in [2.45, 2.75) is 50.5 Å². The molecule has 1 aliphatic carbocycles. The first-order valence-electron chi connectivity index (χ1n) is 11.0. The molecule has 0 bridgehead atoms. The van der Waals surface area contributed by atoms with Crippen molar-refractivity contribution in [3.63, 3.8) is 0 Å². The van der Waals surface area contributed by atoms with Crippen molar-refractivity contribution in [2.24, 2.45) is 5.92 Å². The van der Waals surface area contributed by atoms with E-state index in [1.165, 1.54) is 22.4 Å². The van der Waals surface area contributed by atoms with Gasteiger partial charge < -0.3 is 9.64 Å². The van der Waals surface area contributed by atoms with E-state index in [0.717, 1.165) is 65.6 Å². The molecule has 2 aliphatic heterocycles. The molecule has 0 radical (unpaired) electrons. The number of hydrogen-bond donors (Lipinski definition) is 0. The standard InChI is InChI=1S/C24H25Br2ClN2O2/c25-17-10-16-4-3-15-11-18(27)12-19(26)21(15)22(23(16)28-13-17)14-5-7-29(8-6-14)24(30)20-2-1-9-31-20/h10-14,20,22H,1-9H2/t20?,22-/m1/s1. The molecule has 7 heteroatoms. The second-order valence-corrected chi connectivity index (χ2v) is 11.0. The molecule has 0 spiro atoms. The van der Waals surface area contributed by atoms with Crippen LogP contribution in [0.2, 0.25) is 5.02 Å². The Morgan fingerprint density at radius 3 is 2.61 bits per heavy atom. The molecule has 164 valence electrons. The first kappa shape index (κ1) is 21.9. The number of pyridine rings is 1. The van der Waals surface area contributed by atoms with Crippen LogP contribution in [0.1, 0.15) is 54.0 Å². The second-order valence-electron chi connectivity index (χ2n) is 8.80. The molecule has 1 amide bonds. The van der Waals surface area contributed by atoms with Gasteiger partial charge in [-0.3, -0.25) is 9.78 Å². The van der Waals surface area contributed by atoms with E-state index in [-0.39, 0.29) is 17.9 Å². The van der Waals surface area contributed by atoms with Crippen molar-refractivity contribution in [3.05, 3.63) is 60.7 Å². The number of aromatic nitrogens is 1. The number of carbonyl (C=O) groups is 1. The third kappa shape index (κ3) is 4.33. The van der Waals surface area contributed by atoms with E-state index in [1.54, 1.807) is 0 Å². The van der Waals surface area contributed by atoms with E-state index in [1.807, 2.05) is 17.2 Å². The number of benzene rings is 1. The van der Waals surface area contributed by atoms with Crippen LogP contribution in [0.4, 0.5) is 0 Å². The van der Waals surface area contributed by atoms with Crippen molar-refractivity contribution in [3.8, 4) is 0 Å². The number of fused-ring (bicyclic) bond motifs is 2. The quantitative estimate of drug-likeness (QED) is 0.453. The van der Waals surface area contributed by atoms with Gasteiger partial charge in [-0.25, -0.2) is 0 Å². The Morgan fingerprint density at radius 2 is 1.87 bits per heavy atom. The predicted octanol–water partition coefficient (Wildman–Crippen LogP) is 5.91.